The summed E-state index contributed by atoms with van der Waals surface area (Å²) in [6.45, 7) is 2.54. The molecule has 10 heteroatoms. The average Bonchev–Trinajstić information content (AvgIpc) is 3.11. The van der Waals surface area contributed by atoms with Crippen LogP contribution >= 0.6 is 0 Å². The molecule has 1 atom stereocenters. The van der Waals surface area contributed by atoms with E-state index in [2.05, 4.69) is 20.6 Å². The molecule has 0 amide bonds. The number of benzene rings is 1. The minimum atomic E-state index is -4.87. The second kappa shape index (κ2) is 9.64. The highest BCUT2D eigenvalue weighted by molar-refractivity contribution is 5.79. The Labute approximate surface area is 167 Å². The van der Waals surface area contributed by atoms with Crippen LogP contribution in [-0.4, -0.2) is 47.0 Å². The van der Waals surface area contributed by atoms with Crippen LogP contribution in [0.3, 0.4) is 0 Å². The number of hydrogen-bond donors (Lipinski definition) is 3. The number of nitrogens with zero attached hydrogens (tertiary/aromatic N) is 3. The highest BCUT2D eigenvalue weighted by atomic mass is 19.4. The van der Waals surface area contributed by atoms with Crippen molar-refractivity contribution in [3.05, 3.63) is 48.0 Å². The summed E-state index contributed by atoms with van der Waals surface area (Å²) in [4.78, 5) is 8.06. The fourth-order valence-corrected chi connectivity index (χ4v) is 2.79. The summed E-state index contributed by atoms with van der Waals surface area (Å²) < 4.78 is 47.0. The van der Waals surface area contributed by atoms with Crippen molar-refractivity contribution in [3.8, 4) is 5.75 Å². The Morgan fingerprint density at radius 1 is 1.31 bits per heavy atom. The Morgan fingerprint density at radius 3 is 2.66 bits per heavy atom. The van der Waals surface area contributed by atoms with Crippen molar-refractivity contribution >= 4 is 5.96 Å². The molecule has 0 saturated carbocycles. The van der Waals surface area contributed by atoms with Crippen molar-refractivity contribution in [1.82, 2.24) is 20.2 Å². The number of aryl methyl sites for hydroxylation is 1. The summed E-state index contributed by atoms with van der Waals surface area (Å²) in [5.74, 6) is 0.589. The first kappa shape index (κ1) is 22.5. The van der Waals surface area contributed by atoms with Crippen LogP contribution in [0.4, 0.5) is 13.2 Å². The van der Waals surface area contributed by atoms with Gasteiger partial charge in [0.1, 0.15) is 11.6 Å². The van der Waals surface area contributed by atoms with Gasteiger partial charge in [-0.15, -0.1) is 0 Å². The summed E-state index contributed by atoms with van der Waals surface area (Å²) in [7, 11) is 2.98. The Kier molecular flexibility index (Phi) is 7.49. The van der Waals surface area contributed by atoms with Crippen LogP contribution < -0.4 is 15.4 Å². The lowest BCUT2D eigenvalue weighted by molar-refractivity contribution is -0.272. The van der Waals surface area contributed by atoms with Gasteiger partial charge in [0, 0.05) is 39.0 Å². The molecule has 1 unspecified atom stereocenters. The van der Waals surface area contributed by atoms with Crippen LogP contribution in [0.15, 0.2) is 41.7 Å². The van der Waals surface area contributed by atoms with Crippen LogP contribution in [0, 0.1) is 0 Å². The molecule has 0 aliphatic rings. The molecule has 2 aromatic rings. The Morgan fingerprint density at radius 2 is 2.07 bits per heavy atom. The average molecular weight is 413 g/mol. The maximum atomic E-state index is 13.6. The number of aromatic nitrogens is 2. The standard InChI is InChI=1S/C19H26F3N5O2/c1-4-23-17(26-13-14-6-5-7-15(12-14)29-3)25-9-8-18(28,19(20,21)22)16-24-10-11-27(16)2/h5-7,10-12,28H,4,8-9,13H2,1-3H3,(H2,23,25,26). The van der Waals surface area contributed by atoms with Crippen molar-refractivity contribution < 1.29 is 23.0 Å². The lowest BCUT2D eigenvalue weighted by atomic mass is 9.97. The molecule has 0 aliphatic carbocycles. The van der Waals surface area contributed by atoms with Crippen LogP contribution in [0.2, 0.25) is 0 Å². The Hall–Kier alpha value is -2.75. The van der Waals surface area contributed by atoms with Crippen LogP contribution in [-0.2, 0) is 19.2 Å². The van der Waals surface area contributed by atoms with Gasteiger partial charge < -0.3 is 25.0 Å². The molecular weight excluding hydrogens is 387 g/mol. The van der Waals surface area contributed by atoms with E-state index in [4.69, 9.17) is 4.74 Å². The molecule has 7 nitrogen and oxygen atoms in total. The normalized spacial score (nSPS) is 14.4. The van der Waals surface area contributed by atoms with Gasteiger partial charge in [-0.25, -0.2) is 9.98 Å². The highest BCUT2D eigenvalue weighted by Crippen LogP contribution is 2.40. The van der Waals surface area contributed by atoms with Crippen molar-refractivity contribution in [2.75, 3.05) is 20.2 Å². The molecule has 0 bridgehead atoms. The molecule has 1 aromatic carbocycles. The quantitative estimate of drug-likeness (QED) is 0.457. The minimum Gasteiger partial charge on any atom is -0.497 e. The van der Waals surface area contributed by atoms with Gasteiger partial charge in [0.05, 0.1) is 13.7 Å². The number of alkyl halides is 3. The zero-order chi connectivity index (χ0) is 21.5. The molecular formula is C19H26F3N5O2. The number of guanidine groups is 1. The van der Waals surface area contributed by atoms with E-state index in [0.717, 1.165) is 10.1 Å². The third kappa shape index (κ3) is 5.63. The number of imidazole rings is 1. The van der Waals surface area contributed by atoms with E-state index in [1.807, 2.05) is 31.2 Å². The molecule has 160 valence electrons. The van der Waals surface area contributed by atoms with E-state index in [1.165, 1.54) is 19.4 Å². The molecule has 2 rings (SSSR count). The van der Waals surface area contributed by atoms with E-state index < -0.39 is 24.0 Å². The number of aliphatic hydroxyl groups is 1. The van der Waals surface area contributed by atoms with E-state index in [-0.39, 0.29) is 6.54 Å². The summed E-state index contributed by atoms with van der Waals surface area (Å²) >= 11 is 0. The predicted octanol–water partition coefficient (Wildman–Crippen LogP) is 2.32. The van der Waals surface area contributed by atoms with E-state index in [0.29, 0.717) is 24.8 Å². The largest absolute Gasteiger partial charge is 0.497 e. The molecule has 1 heterocycles. The molecule has 0 radical (unpaired) electrons. The summed E-state index contributed by atoms with van der Waals surface area (Å²) in [5.41, 5.74) is -2.18. The third-order valence-corrected chi connectivity index (χ3v) is 4.34. The maximum absolute atomic E-state index is 13.6. The third-order valence-electron chi connectivity index (χ3n) is 4.34. The van der Waals surface area contributed by atoms with Crippen molar-refractivity contribution in [2.24, 2.45) is 12.0 Å². The molecule has 0 spiro atoms. The number of halogens is 3. The van der Waals surface area contributed by atoms with Gasteiger partial charge in [-0.3, -0.25) is 0 Å². The predicted molar refractivity (Wildman–Crippen MR) is 104 cm³/mol. The van der Waals surface area contributed by atoms with Crippen molar-refractivity contribution in [1.29, 1.82) is 0 Å². The molecule has 0 fully saturated rings. The number of methoxy groups -OCH3 is 1. The Balaban J connectivity index is 2.07. The summed E-state index contributed by atoms with van der Waals surface area (Å²) in [6, 6.07) is 7.35. The topological polar surface area (TPSA) is 83.7 Å². The van der Waals surface area contributed by atoms with E-state index >= 15 is 0 Å². The zero-order valence-electron chi connectivity index (χ0n) is 16.6. The van der Waals surface area contributed by atoms with Gasteiger partial charge in [-0.05, 0) is 24.6 Å². The highest BCUT2D eigenvalue weighted by Gasteiger charge is 2.57. The number of rotatable bonds is 8. The number of aliphatic imine (C=N–C) groups is 1. The van der Waals surface area contributed by atoms with Gasteiger partial charge in [0.2, 0.25) is 5.60 Å². The van der Waals surface area contributed by atoms with Crippen LogP contribution in [0.1, 0.15) is 24.7 Å². The summed E-state index contributed by atoms with van der Waals surface area (Å²) in [6.07, 6.45) is -2.91. The lowest BCUT2D eigenvalue weighted by Crippen LogP contribution is -2.47. The van der Waals surface area contributed by atoms with Gasteiger partial charge in [0.15, 0.2) is 5.96 Å². The fourth-order valence-electron chi connectivity index (χ4n) is 2.79. The summed E-state index contributed by atoms with van der Waals surface area (Å²) in [5, 5.41) is 16.2. The zero-order valence-corrected chi connectivity index (χ0v) is 16.6. The number of nitrogens with one attached hydrogen (secondary N) is 2. The second-order valence-corrected chi connectivity index (χ2v) is 6.44. The first-order valence-corrected chi connectivity index (χ1v) is 9.13. The number of hydrogen-bond acceptors (Lipinski definition) is 4. The van der Waals surface area contributed by atoms with Gasteiger partial charge in [-0.1, -0.05) is 12.1 Å². The smallest absolute Gasteiger partial charge is 0.424 e. The van der Waals surface area contributed by atoms with Gasteiger partial charge in [-0.2, -0.15) is 13.2 Å². The molecule has 1 aromatic heterocycles. The monoisotopic (exact) mass is 413 g/mol. The molecule has 3 N–H and O–H groups in total. The van der Waals surface area contributed by atoms with Crippen LogP contribution in [0.25, 0.3) is 0 Å². The molecule has 29 heavy (non-hydrogen) atoms. The fraction of sp³-hybridized carbons (Fsp3) is 0.474. The molecule has 0 saturated heterocycles. The van der Waals surface area contributed by atoms with Crippen molar-refractivity contribution in [3.63, 3.8) is 0 Å². The van der Waals surface area contributed by atoms with Gasteiger partial charge >= 0.3 is 6.18 Å². The van der Waals surface area contributed by atoms with E-state index in [9.17, 15) is 18.3 Å². The number of ether oxygens (including phenoxy) is 1. The van der Waals surface area contributed by atoms with Gasteiger partial charge in [0.25, 0.3) is 0 Å². The minimum absolute atomic E-state index is 0.160. The second-order valence-electron chi connectivity index (χ2n) is 6.44. The SMILES string of the molecule is CCNC(=NCc1cccc(OC)c1)NCCC(O)(c1nccn1C)C(F)(F)F. The first-order chi connectivity index (χ1) is 13.7. The van der Waals surface area contributed by atoms with Crippen molar-refractivity contribution in [2.45, 2.75) is 31.7 Å². The van der Waals surface area contributed by atoms with Crippen LogP contribution in [0.5, 0.6) is 5.75 Å². The maximum Gasteiger partial charge on any atom is 0.424 e. The lowest BCUT2D eigenvalue weighted by Gasteiger charge is -2.30. The Bertz CT molecular complexity index is 822. The first-order valence-electron chi connectivity index (χ1n) is 9.13. The molecule has 0 aliphatic heterocycles. The van der Waals surface area contributed by atoms with E-state index in [1.54, 1.807) is 7.11 Å².